The third-order valence-electron chi connectivity index (χ3n) is 1.15. The molecule has 3 nitrogen and oxygen atoms in total. The maximum atomic E-state index is 11.2. The summed E-state index contributed by atoms with van der Waals surface area (Å²) in [6.07, 6.45) is 0. The van der Waals surface area contributed by atoms with E-state index in [9.17, 15) is 4.79 Å². The molecule has 0 aliphatic heterocycles. The van der Waals surface area contributed by atoms with E-state index in [1.54, 1.807) is 26.8 Å². The van der Waals surface area contributed by atoms with Crippen molar-refractivity contribution < 1.29 is 4.79 Å². The van der Waals surface area contributed by atoms with Crippen LogP contribution in [0.15, 0.2) is 5.57 Å². The van der Waals surface area contributed by atoms with Crippen LogP contribution in [0, 0.1) is 22.2 Å². The lowest BCUT2D eigenvalue weighted by molar-refractivity contribution is -0.121. The zero-order valence-electron chi connectivity index (χ0n) is 6.86. The molecule has 0 aliphatic carbocycles. The molecule has 0 atom stereocenters. The van der Waals surface area contributed by atoms with Crippen LogP contribution in [0.5, 0.6) is 0 Å². The Balaban J connectivity index is 4.82. The van der Waals surface area contributed by atoms with E-state index in [1.807, 2.05) is 5.87 Å². The van der Waals surface area contributed by atoms with Gasteiger partial charge >= 0.3 is 0 Å². The number of nitrogens with zero attached hydrogens (tertiary/aromatic N) is 1. The van der Waals surface area contributed by atoms with Crippen molar-refractivity contribution in [3.05, 3.63) is 5.57 Å². The molecule has 0 radical (unpaired) electrons. The first-order chi connectivity index (χ1) is 4.93. The number of carbonyl (C=O) groups excluding carboxylic acids is 1. The number of allylic oxidation sites excluding steroid dienone is 1. The van der Waals surface area contributed by atoms with Gasteiger partial charge in [-0.25, -0.2) is 0 Å². The van der Waals surface area contributed by atoms with Gasteiger partial charge in [0.25, 0.3) is 0 Å². The zero-order chi connectivity index (χ0) is 9.07. The minimum absolute atomic E-state index is 0.211. The lowest BCUT2D eigenvalue weighted by atomic mass is 9.87. The van der Waals surface area contributed by atoms with Crippen LogP contribution in [0.25, 0.3) is 0 Å². The summed E-state index contributed by atoms with van der Waals surface area (Å²) in [6, 6.07) is 1.63. The Hall–Kier alpha value is -1.39. The second-order valence-corrected chi connectivity index (χ2v) is 3.19. The van der Waals surface area contributed by atoms with E-state index in [1.165, 1.54) is 0 Å². The summed E-state index contributed by atoms with van der Waals surface area (Å²) in [5.74, 6) is 1.48. The molecular formula is C8H10N2O. The predicted molar refractivity (Wildman–Crippen MR) is 41.3 cm³/mol. The Labute approximate surface area is 65.8 Å². The van der Waals surface area contributed by atoms with E-state index in [0.29, 0.717) is 0 Å². The minimum atomic E-state index is -0.598. The summed E-state index contributed by atoms with van der Waals surface area (Å²) in [6.45, 7) is 5.10. The molecule has 11 heavy (non-hydrogen) atoms. The molecule has 0 rings (SSSR count). The zero-order valence-corrected chi connectivity index (χ0v) is 6.86. The summed E-state index contributed by atoms with van der Waals surface area (Å²) in [7, 11) is 0. The summed E-state index contributed by atoms with van der Waals surface area (Å²) in [5, 5.41) is 15.0. The second kappa shape index (κ2) is 3.14. The number of rotatable bonds is 1. The highest BCUT2D eigenvalue weighted by Gasteiger charge is 2.24. The molecule has 0 spiro atoms. The Morgan fingerprint density at radius 2 is 1.91 bits per heavy atom. The monoisotopic (exact) mass is 150 g/mol. The van der Waals surface area contributed by atoms with Gasteiger partial charge in [-0.2, -0.15) is 5.26 Å². The standard InChI is InChI=1S/C8H10N2O/c1-8(2,3)7(11)6(4-9)5-10/h9H,1-3H3. The van der Waals surface area contributed by atoms with Gasteiger partial charge in [-0.15, -0.1) is 0 Å². The van der Waals surface area contributed by atoms with Crippen LogP contribution in [0.4, 0.5) is 0 Å². The third kappa shape index (κ3) is 2.37. The van der Waals surface area contributed by atoms with Crippen molar-refractivity contribution >= 4 is 11.7 Å². The van der Waals surface area contributed by atoms with Crippen molar-refractivity contribution in [2.24, 2.45) is 5.41 Å². The average Bonchev–Trinajstić information content (AvgIpc) is 1.88. The molecule has 0 aromatic rings. The van der Waals surface area contributed by atoms with Crippen molar-refractivity contribution in [1.82, 2.24) is 0 Å². The summed E-state index contributed by atoms with van der Waals surface area (Å²) < 4.78 is 0. The molecule has 3 heteroatoms. The first-order valence-electron chi connectivity index (χ1n) is 3.18. The van der Waals surface area contributed by atoms with E-state index in [2.05, 4.69) is 0 Å². The van der Waals surface area contributed by atoms with Crippen molar-refractivity contribution in [1.29, 1.82) is 10.7 Å². The molecule has 0 bridgehead atoms. The average molecular weight is 150 g/mol. The van der Waals surface area contributed by atoms with Crippen LogP contribution in [0.3, 0.4) is 0 Å². The van der Waals surface area contributed by atoms with E-state index >= 15 is 0 Å². The van der Waals surface area contributed by atoms with Crippen molar-refractivity contribution in [3.63, 3.8) is 0 Å². The van der Waals surface area contributed by atoms with Gasteiger partial charge in [-0.3, -0.25) is 10.2 Å². The van der Waals surface area contributed by atoms with E-state index < -0.39 is 5.41 Å². The van der Waals surface area contributed by atoms with Crippen molar-refractivity contribution in [3.8, 4) is 6.07 Å². The third-order valence-corrected chi connectivity index (χ3v) is 1.15. The summed E-state index contributed by atoms with van der Waals surface area (Å²) >= 11 is 0. The van der Waals surface area contributed by atoms with E-state index in [-0.39, 0.29) is 11.4 Å². The number of carbonyl (C=O) groups is 1. The number of nitrogens with one attached hydrogen (secondary N) is 1. The highest BCUT2D eigenvalue weighted by molar-refractivity contribution is 6.08. The summed E-state index contributed by atoms with van der Waals surface area (Å²) in [5.41, 5.74) is -0.809. The van der Waals surface area contributed by atoms with Crippen LogP contribution in [-0.4, -0.2) is 11.7 Å². The number of hydrogen-bond acceptors (Lipinski definition) is 3. The van der Waals surface area contributed by atoms with Crippen LogP contribution >= 0.6 is 0 Å². The van der Waals surface area contributed by atoms with Gasteiger partial charge in [0.15, 0.2) is 11.4 Å². The second-order valence-electron chi connectivity index (χ2n) is 3.19. The molecule has 0 saturated heterocycles. The van der Waals surface area contributed by atoms with Crippen LogP contribution in [-0.2, 0) is 4.79 Å². The van der Waals surface area contributed by atoms with Gasteiger partial charge in [0.05, 0.1) is 0 Å². The van der Waals surface area contributed by atoms with Gasteiger partial charge in [-0.05, 0) is 0 Å². The van der Waals surface area contributed by atoms with Gasteiger partial charge in [0.1, 0.15) is 6.07 Å². The summed E-state index contributed by atoms with van der Waals surface area (Å²) in [4.78, 5) is 11.2. The molecule has 0 saturated carbocycles. The van der Waals surface area contributed by atoms with Gasteiger partial charge in [-0.1, -0.05) is 20.8 Å². The topological polar surface area (TPSA) is 64.7 Å². The lowest BCUT2D eigenvalue weighted by Crippen LogP contribution is -2.21. The predicted octanol–water partition coefficient (Wildman–Crippen LogP) is 1.30. The van der Waals surface area contributed by atoms with E-state index in [0.717, 1.165) is 0 Å². The van der Waals surface area contributed by atoms with Crippen LogP contribution in [0.1, 0.15) is 20.8 Å². The Kier molecular flexibility index (Phi) is 2.74. The first kappa shape index (κ1) is 9.61. The molecule has 0 aromatic carbocycles. The fraction of sp³-hybridized carbons (Fsp3) is 0.500. The SMILES string of the molecule is CC(C)(C)C(=O)C(=C=N)C#N. The molecule has 1 N–H and O–H groups in total. The van der Waals surface area contributed by atoms with Gasteiger partial charge < -0.3 is 0 Å². The fourth-order valence-electron chi connectivity index (χ4n) is 0.510. The highest BCUT2D eigenvalue weighted by atomic mass is 16.1. The number of ketones is 1. The number of hydrogen-bond donors (Lipinski definition) is 1. The molecule has 0 heterocycles. The van der Waals surface area contributed by atoms with Crippen LogP contribution < -0.4 is 0 Å². The molecular weight excluding hydrogens is 140 g/mol. The Morgan fingerprint density at radius 3 is 2.00 bits per heavy atom. The molecule has 58 valence electrons. The first-order valence-corrected chi connectivity index (χ1v) is 3.18. The maximum Gasteiger partial charge on any atom is 0.188 e. The molecule has 0 aliphatic rings. The smallest absolute Gasteiger partial charge is 0.188 e. The fourth-order valence-corrected chi connectivity index (χ4v) is 0.510. The maximum absolute atomic E-state index is 11.2. The number of Topliss-reactive ketones (excluding diaryl/α,β-unsaturated/α-hetero) is 1. The van der Waals surface area contributed by atoms with Gasteiger partial charge in [0.2, 0.25) is 0 Å². The largest absolute Gasteiger partial charge is 0.292 e. The van der Waals surface area contributed by atoms with E-state index in [4.69, 9.17) is 10.7 Å². The van der Waals surface area contributed by atoms with Gasteiger partial charge in [0, 0.05) is 11.3 Å². The van der Waals surface area contributed by atoms with Crippen molar-refractivity contribution in [2.45, 2.75) is 20.8 Å². The normalized spacial score (nSPS) is 9.64. The molecule has 0 fully saturated rings. The molecule has 0 amide bonds. The van der Waals surface area contributed by atoms with Crippen LogP contribution in [0.2, 0.25) is 0 Å². The minimum Gasteiger partial charge on any atom is -0.292 e. The quantitative estimate of drug-likeness (QED) is 0.348. The highest BCUT2D eigenvalue weighted by Crippen LogP contribution is 2.17. The molecule has 0 unspecified atom stereocenters. The Bertz CT molecular complexity index is 259. The Morgan fingerprint density at radius 1 is 1.45 bits per heavy atom. The molecule has 0 aromatic heterocycles. The lowest BCUT2D eigenvalue weighted by Gasteiger charge is -2.13. The number of nitriles is 1. The van der Waals surface area contributed by atoms with Crippen molar-refractivity contribution in [2.75, 3.05) is 0 Å².